The molecule has 2 N–H and O–H groups in total. The van der Waals surface area contributed by atoms with E-state index in [1.807, 2.05) is 25.1 Å². The van der Waals surface area contributed by atoms with Crippen LogP contribution in [0.5, 0.6) is 0 Å². The lowest BCUT2D eigenvalue weighted by Crippen LogP contribution is -2.19. The summed E-state index contributed by atoms with van der Waals surface area (Å²) < 4.78 is 14.1. The molecule has 0 aliphatic rings. The van der Waals surface area contributed by atoms with Crippen molar-refractivity contribution in [2.24, 2.45) is 0 Å². The predicted molar refractivity (Wildman–Crippen MR) is 85.1 cm³/mol. The topological polar surface area (TPSA) is 24.1 Å². The highest BCUT2D eigenvalue weighted by molar-refractivity contribution is 9.10. The van der Waals surface area contributed by atoms with Crippen LogP contribution in [0.1, 0.15) is 5.56 Å². The third-order valence-corrected chi connectivity index (χ3v) is 3.59. The molecule has 0 fully saturated rings. The molecule has 0 aliphatic carbocycles. The van der Waals surface area contributed by atoms with Gasteiger partial charge in [-0.15, -0.1) is 0 Å². The summed E-state index contributed by atoms with van der Waals surface area (Å²) in [5, 5.41) is 6.41. The Labute approximate surface area is 125 Å². The number of benzene rings is 2. The average Bonchev–Trinajstić information content (AvgIpc) is 2.34. The van der Waals surface area contributed by atoms with Crippen molar-refractivity contribution in [3.63, 3.8) is 0 Å². The Kier molecular flexibility index (Phi) is 4.50. The largest absolute Gasteiger partial charge is 0.332 e. The molecule has 0 radical (unpaired) electrons. The van der Waals surface area contributed by atoms with Crippen molar-refractivity contribution in [3.05, 3.63) is 58.3 Å². The summed E-state index contributed by atoms with van der Waals surface area (Å²) in [7, 11) is 0. The second-order valence-corrected chi connectivity index (χ2v) is 5.32. The van der Waals surface area contributed by atoms with E-state index in [4.69, 9.17) is 12.2 Å². The summed E-state index contributed by atoms with van der Waals surface area (Å²) in [5.41, 5.74) is 2.61. The number of aryl methyl sites for hydroxylation is 1. The predicted octanol–water partition coefficient (Wildman–Crippen LogP) is 4.71. The number of thiocarbonyl (C=S) groups is 1. The fourth-order valence-corrected chi connectivity index (χ4v) is 2.06. The van der Waals surface area contributed by atoms with Gasteiger partial charge in [0.15, 0.2) is 5.11 Å². The van der Waals surface area contributed by atoms with Gasteiger partial charge in [0.25, 0.3) is 0 Å². The van der Waals surface area contributed by atoms with E-state index in [1.165, 1.54) is 12.1 Å². The van der Waals surface area contributed by atoms with Crippen molar-refractivity contribution < 1.29 is 4.39 Å². The first-order valence-electron chi connectivity index (χ1n) is 5.64. The lowest BCUT2D eigenvalue weighted by atomic mass is 10.2. The average molecular weight is 339 g/mol. The fraction of sp³-hybridized carbons (Fsp3) is 0.0714. The maximum Gasteiger partial charge on any atom is 0.175 e. The van der Waals surface area contributed by atoms with Crippen LogP contribution in [-0.4, -0.2) is 5.11 Å². The summed E-state index contributed by atoms with van der Waals surface area (Å²) >= 11 is 8.62. The molecule has 0 atom stereocenters. The molecule has 0 heterocycles. The normalized spacial score (nSPS) is 10.1. The van der Waals surface area contributed by atoms with Gasteiger partial charge in [0, 0.05) is 15.8 Å². The summed E-state index contributed by atoms with van der Waals surface area (Å²) in [6, 6.07) is 12.0. The standard InChI is InChI=1S/C14H12BrFN2S/c1-9-7-12(5-6-13(9)15)18-14(19)17-11-4-2-3-10(16)8-11/h2-8H,1H3,(H2,17,18,19). The van der Waals surface area contributed by atoms with E-state index in [1.54, 1.807) is 12.1 Å². The number of nitrogens with one attached hydrogen (secondary N) is 2. The Morgan fingerprint density at radius 3 is 2.42 bits per heavy atom. The number of hydrogen-bond donors (Lipinski definition) is 2. The Balaban J connectivity index is 2.03. The van der Waals surface area contributed by atoms with Gasteiger partial charge in [0.1, 0.15) is 5.82 Å². The highest BCUT2D eigenvalue weighted by Crippen LogP contribution is 2.20. The van der Waals surface area contributed by atoms with Crippen LogP contribution in [0.2, 0.25) is 0 Å². The van der Waals surface area contributed by atoms with Crippen molar-refractivity contribution in [1.82, 2.24) is 0 Å². The maximum atomic E-state index is 13.0. The van der Waals surface area contributed by atoms with E-state index in [2.05, 4.69) is 26.6 Å². The lowest BCUT2D eigenvalue weighted by molar-refractivity contribution is 0.628. The molecule has 2 aromatic carbocycles. The van der Waals surface area contributed by atoms with Crippen LogP contribution in [0.3, 0.4) is 0 Å². The highest BCUT2D eigenvalue weighted by atomic mass is 79.9. The van der Waals surface area contributed by atoms with Crippen molar-refractivity contribution in [3.8, 4) is 0 Å². The minimum atomic E-state index is -0.299. The molecule has 0 aromatic heterocycles. The molecule has 2 rings (SSSR count). The van der Waals surface area contributed by atoms with Gasteiger partial charge in [0.05, 0.1) is 0 Å². The zero-order valence-corrected chi connectivity index (χ0v) is 12.6. The van der Waals surface area contributed by atoms with Gasteiger partial charge in [-0.2, -0.15) is 0 Å². The fourth-order valence-electron chi connectivity index (χ4n) is 1.58. The summed E-state index contributed by atoms with van der Waals surface area (Å²) in [6.07, 6.45) is 0. The summed E-state index contributed by atoms with van der Waals surface area (Å²) in [5.74, 6) is -0.299. The lowest BCUT2D eigenvalue weighted by Gasteiger charge is -2.11. The Bertz CT molecular complexity index is 616. The highest BCUT2D eigenvalue weighted by Gasteiger charge is 2.01. The first kappa shape index (κ1) is 14.0. The Morgan fingerprint density at radius 1 is 1.11 bits per heavy atom. The monoisotopic (exact) mass is 338 g/mol. The molecule has 0 saturated heterocycles. The van der Waals surface area contributed by atoms with E-state index in [0.29, 0.717) is 10.8 Å². The van der Waals surface area contributed by atoms with Crippen LogP contribution >= 0.6 is 28.1 Å². The van der Waals surface area contributed by atoms with Crippen molar-refractivity contribution in [2.45, 2.75) is 6.92 Å². The van der Waals surface area contributed by atoms with E-state index in [0.717, 1.165) is 15.7 Å². The van der Waals surface area contributed by atoms with Gasteiger partial charge >= 0.3 is 0 Å². The molecule has 19 heavy (non-hydrogen) atoms. The van der Waals surface area contributed by atoms with Gasteiger partial charge < -0.3 is 10.6 Å². The minimum Gasteiger partial charge on any atom is -0.332 e. The molecular weight excluding hydrogens is 327 g/mol. The number of halogens is 2. The number of rotatable bonds is 2. The van der Waals surface area contributed by atoms with E-state index < -0.39 is 0 Å². The van der Waals surface area contributed by atoms with Crippen LogP contribution in [0.25, 0.3) is 0 Å². The van der Waals surface area contributed by atoms with Crippen molar-refractivity contribution in [1.29, 1.82) is 0 Å². The molecule has 98 valence electrons. The first-order chi connectivity index (χ1) is 9.04. The zero-order chi connectivity index (χ0) is 13.8. The minimum absolute atomic E-state index is 0.299. The maximum absolute atomic E-state index is 13.0. The molecule has 0 bridgehead atoms. The quantitative estimate of drug-likeness (QED) is 0.775. The SMILES string of the molecule is Cc1cc(NC(=S)Nc2cccc(F)c2)ccc1Br. The molecule has 2 aromatic rings. The zero-order valence-electron chi connectivity index (χ0n) is 10.2. The van der Waals surface area contributed by atoms with Crippen LogP contribution in [0.4, 0.5) is 15.8 Å². The smallest absolute Gasteiger partial charge is 0.175 e. The van der Waals surface area contributed by atoms with Gasteiger partial charge in [-0.25, -0.2) is 4.39 Å². The molecule has 0 saturated carbocycles. The van der Waals surface area contributed by atoms with Gasteiger partial charge in [-0.3, -0.25) is 0 Å². The molecule has 5 heteroatoms. The second kappa shape index (κ2) is 6.12. The van der Waals surface area contributed by atoms with Crippen LogP contribution in [-0.2, 0) is 0 Å². The molecule has 2 nitrogen and oxygen atoms in total. The van der Waals surface area contributed by atoms with Crippen LogP contribution in [0, 0.1) is 12.7 Å². The van der Waals surface area contributed by atoms with E-state index >= 15 is 0 Å². The first-order valence-corrected chi connectivity index (χ1v) is 6.84. The van der Waals surface area contributed by atoms with Crippen LogP contribution in [0.15, 0.2) is 46.9 Å². The second-order valence-electron chi connectivity index (χ2n) is 4.05. The van der Waals surface area contributed by atoms with Crippen molar-refractivity contribution in [2.75, 3.05) is 10.6 Å². The third kappa shape index (κ3) is 4.01. The molecule has 0 unspecified atom stereocenters. The van der Waals surface area contributed by atoms with Crippen molar-refractivity contribution >= 4 is 44.6 Å². The molecular formula is C14H12BrFN2S. The number of anilines is 2. The van der Waals surface area contributed by atoms with Gasteiger partial charge in [-0.1, -0.05) is 22.0 Å². The van der Waals surface area contributed by atoms with Gasteiger partial charge in [-0.05, 0) is 61.1 Å². The molecule has 0 aliphatic heterocycles. The summed E-state index contributed by atoms with van der Waals surface area (Å²) in [4.78, 5) is 0. The summed E-state index contributed by atoms with van der Waals surface area (Å²) in [6.45, 7) is 2.00. The van der Waals surface area contributed by atoms with Gasteiger partial charge in [0.2, 0.25) is 0 Å². The third-order valence-electron chi connectivity index (χ3n) is 2.50. The Morgan fingerprint density at radius 2 is 1.79 bits per heavy atom. The Hall–Kier alpha value is -1.46. The molecule has 0 amide bonds. The van der Waals surface area contributed by atoms with E-state index in [9.17, 15) is 4.39 Å². The van der Waals surface area contributed by atoms with Crippen LogP contribution < -0.4 is 10.6 Å². The molecule has 0 spiro atoms. The van der Waals surface area contributed by atoms with E-state index in [-0.39, 0.29) is 5.82 Å². The number of hydrogen-bond acceptors (Lipinski definition) is 1.